The van der Waals surface area contributed by atoms with Crippen LogP contribution in [-0.4, -0.2) is 32.3 Å². The summed E-state index contributed by atoms with van der Waals surface area (Å²) in [5, 5.41) is 17.5. The SMILES string of the molecule is CC(NC(=O)c1ccc(Cl)cc1)c1nnc(SCC(=O)Nc2cccc3ccccc23)n1C. The van der Waals surface area contributed by atoms with Crippen LogP contribution in [0.2, 0.25) is 5.02 Å². The first-order chi connectivity index (χ1) is 15.9. The summed E-state index contributed by atoms with van der Waals surface area (Å²) in [6.45, 7) is 1.83. The molecule has 1 unspecified atom stereocenters. The average molecular weight is 480 g/mol. The van der Waals surface area contributed by atoms with Crippen molar-refractivity contribution in [3.8, 4) is 0 Å². The lowest BCUT2D eigenvalue weighted by Crippen LogP contribution is -2.28. The topological polar surface area (TPSA) is 88.9 Å². The van der Waals surface area contributed by atoms with Crippen molar-refractivity contribution in [3.63, 3.8) is 0 Å². The quantitative estimate of drug-likeness (QED) is 0.370. The van der Waals surface area contributed by atoms with Crippen LogP contribution in [0, 0.1) is 0 Å². The summed E-state index contributed by atoms with van der Waals surface area (Å²) in [4.78, 5) is 25.0. The first-order valence-electron chi connectivity index (χ1n) is 10.3. The van der Waals surface area contributed by atoms with Gasteiger partial charge in [-0.15, -0.1) is 10.2 Å². The van der Waals surface area contributed by atoms with E-state index in [1.54, 1.807) is 28.8 Å². The van der Waals surface area contributed by atoms with Crippen molar-refractivity contribution in [1.82, 2.24) is 20.1 Å². The summed E-state index contributed by atoms with van der Waals surface area (Å²) >= 11 is 7.17. The third-order valence-electron chi connectivity index (χ3n) is 5.11. The number of nitrogens with one attached hydrogen (secondary N) is 2. The number of carbonyl (C=O) groups excluding carboxylic acids is 2. The van der Waals surface area contributed by atoms with Crippen molar-refractivity contribution in [3.05, 3.63) is 83.1 Å². The Hall–Kier alpha value is -3.36. The molecule has 0 fully saturated rings. The molecular formula is C24H22ClN5O2S. The Labute approximate surface area is 200 Å². The molecule has 4 rings (SSSR count). The molecule has 9 heteroatoms. The highest BCUT2D eigenvalue weighted by Crippen LogP contribution is 2.24. The summed E-state index contributed by atoms with van der Waals surface area (Å²) in [5.41, 5.74) is 1.28. The van der Waals surface area contributed by atoms with E-state index in [0.29, 0.717) is 21.6 Å². The van der Waals surface area contributed by atoms with Gasteiger partial charge < -0.3 is 15.2 Å². The molecule has 4 aromatic rings. The Morgan fingerprint density at radius 1 is 1.03 bits per heavy atom. The fraction of sp³-hybridized carbons (Fsp3) is 0.167. The van der Waals surface area contributed by atoms with E-state index in [2.05, 4.69) is 20.8 Å². The number of rotatable bonds is 7. The van der Waals surface area contributed by atoms with E-state index < -0.39 is 0 Å². The Balaban J connectivity index is 1.37. The van der Waals surface area contributed by atoms with Gasteiger partial charge in [-0.2, -0.15) is 0 Å². The Morgan fingerprint density at radius 2 is 1.76 bits per heavy atom. The van der Waals surface area contributed by atoms with Crippen molar-refractivity contribution < 1.29 is 9.59 Å². The molecule has 0 aliphatic heterocycles. The Bertz CT molecular complexity index is 1300. The van der Waals surface area contributed by atoms with Crippen LogP contribution in [0.3, 0.4) is 0 Å². The number of fused-ring (bicyclic) bond motifs is 1. The van der Waals surface area contributed by atoms with Gasteiger partial charge in [-0.05, 0) is 42.6 Å². The van der Waals surface area contributed by atoms with Gasteiger partial charge in [0.25, 0.3) is 5.91 Å². The highest BCUT2D eigenvalue weighted by molar-refractivity contribution is 7.99. The number of benzene rings is 3. The smallest absolute Gasteiger partial charge is 0.251 e. The molecular weight excluding hydrogens is 458 g/mol. The summed E-state index contributed by atoms with van der Waals surface area (Å²) in [6.07, 6.45) is 0. The van der Waals surface area contributed by atoms with E-state index in [9.17, 15) is 9.59 Å². The summed E-state index contributed by atoms with van der Waals surface area (Å²) < 4.78 is 1.78. The number of amides is 2. The van der Waals surface area contributed by atoms with Crippen molar-refractivity contribution >= 4 is 51.6 Å². The summed E-state index contributed by atoms with van der Waals surface area (Å²) in [7, 11) is 1.81. The van der Waals surface area contributed by atoms with Crippen LogP contribution in [-0.2, 0) is 11.8 Å². The lowest BCUT2D eigenvalue weighted by atomic mass is 10.1. The predicted octanol–water partition coefficient (Wildman–Crippen LogP) is 4.84. The number of nitrogens with zero attached hydrogens (tertiary/aromatic N) is 3. The molecule has 2 amide bonds. The second kappa shape index (κ2) is 10.1. The molecule has 0 saturated carbocycles. The molecule has 168 valence electrons. The Kier molecular flexibility index (Phi) is 6.96. The van der Waals surface area contributed by atoms with Crippen molar-refractivity contribution in [2.24, 2.45) is 7.05 Å². The van der Waals surface area contributed by atoms with Crippen molar-refractivity contribution in [2.75, 3.05) is 11.1 Å². The molecule has 1 atom stereocenters. The van der Waals surface area contributed by atoms with Gasteiger partial charge in [-0.3, -0.25) is 9.59 Å². The molecule has 1 aromatic heterocycles. The zero-order chi connectivity index (χ0) is 23.4. The van der Waals surface area contributed by atoms with E-state index in [-0.39, 0.29) is 23.6 Å². The van der Waals surface area contributed by atoms with Crippen molar-refractivity contribution in [2.45, 2.75) is 18.1 Å². The lowest BCUT2D eigenvalue weighted by molar-refractivity contribution is -0.113. The molecule has 33 heavy (non-hydrogen) atoms. The van der Waals surface area contributed by atoms with Gasteiger partial charge >= 0.3 is 0 Å². The van der Waals surface area contributed by atoms with Crippen LogP contribution in [0.15, 0.2) is 71.9 Å². The van der Waals surface area contributed by atoms with Gasteiger partial charge in [-0.1, -0.05) is 59.8 Å². The fourth-order valence-electron chi connectivity index (χ4n) is 3.43. The van der Waals surface area contributed by atoms with Crippen LogP contribution in [0.1, 0.15) is 29.1 Å². The minimum absolute atomic E-state index is 0.134. The fourth-order valence-corrected chi connectivity index (χ4v) is 4.27. The van der Waals surface area contributed by atoms with Gasteiger partial charge in [0, 0.05) is 28.7 Å². The van der Waals surface area contributed by atoms with E-state index in [1.165, 1.54) is 11.8 Å². The second-order valence-electron chi connectivity index (χ2n) is 7.47. The molecule has 0 bridgehead atoms. The van der Waals surface area contributed by atoms with Crippen molar-refractivity contribution in [1.29, 1.82) is 0 Å². The number of aromatic nitrogens is 3. The maximum Gasteiger partial charge on any atom is 0.251 e. The van der Waals surface area contributed by atoms with E-state index in [4.69, 9.17) is 11.6 Å². The average Bonchev–Trinajstić information content (AvgIpc) is 3.18. The van der Waals surface area contributed by atoms with E-state index in [1.807, 2.05) is 56.4 Å². The van der Waals surface area contributed by atoms with Crippen LogP contribution >= 0.6 is 23.4 Å². The molecule has 1 heterocycles. The standard InChI is InChI=1S/C24H22ClN5O2S/c1-15(26-23(32)17-10-12-18(25)13-11-17)22-28-29-24(30(22)2)33-14-21(31)27-20-9-5-7-16-6-3-4-8-19(16)20/h3-13,15H,14H2,1-2H3,(H,26,32)(H,27,31). The highest BCUT2D eigenvalue weighted by atomic mass is 35.5. The molecule has 0 aliphatic carbocycles. The minimum Gasteiger partial charge on any atom is -0.342 e. The zero-order valence-corrected chi connectivity index (χ0v) is 19.7. The van der Waals surface area contributed by atoms with Gasteiger partial charge in [0.15, 0.2) is 11.0 Å². The predicted molar refractivity (Wildman–Crippen MR) is 132 cm³/mol. The Morgan fingerprint density at radius 3 is 2.55 bits per heavy atom. The summed E-state index contributed by atoms with van der Waals surface area (Å²) in [6, 6.07) is 20.0. The molecule has 0 radical (unpaired) electrons. The van der Waals surface area contributed by atoms with Crippen LogP contribution < -0.4 is 10.6 Å². The molecule has 0 spiro atoms. The first kappa shape index (κ1) is 22.8. The maximum atomic E-state index is 12.6. The third kappa shape index (κ3) is 5.35. The number of hydrogen-bond donors (Lipinski definition) is 2. The molecule has 0 aliphatic rings. The zero-order valence-electron chi connectivity index (χ0n) is 18.1. The van der Waals surface area contributed by atoms with Gasteiger partial charge in [0.1, 0.15) is 0 Å². The summed E-state index contributed by atoms with van der Waals surface area (Å²) in [5.74, 6) is 0.408. The van der Waals surface area contributed by atoms with Crippen LogP contribution in [0.5, 0.6) is 0 Å². The van der Waals surface area contributed by atoms with Crippen LogP contribution in [0.25, 0.3) is 10.8 Å². The van der Waals surface area contributed by atoms with Gasteiger partial charge in [0.05, 0.1) is 11.8 Å². The van der Waals surface area contributed by atoms with Gasteiger partial charge in [0.2, 0.25) is 5.91 Å². The second-order valence-corrected chi connectivity index (χ2v) is 8.84. The molecule has 2 N–H and O–H groups in total. The number of carbonyl (C=O) groups is 2. The highest BCUT2D eigenvalue weighted by Gasteiger charge is 2.19. The number of anilines is 1. The first-order valence-corrected chi connectivity index (χ1v) is 11.6. The van der Waals surface area contributed by atoms with Crippen LogP contribution in [0.4, 0.5) is 5.69 Å². The molecule has 0 saturated heterocycles. The maximum absolute atomic E-state index is 12.6. The lowest BCUT2D eigenvalue weighted by Gasteiger charge is -2.13. The van der Waals surface area contributed by atoms with Gasteiger partial charge in [-0.25, -0.2) is 0 Å². The largest absolute Gasteiger partial charge is 0.342 e. The third-order valence-corrected chi connectivity index (χ3v) is 6.38. The van der Waals surface area contributed by atoms with E-state index >= 15 is 0 Å². The number of thioether (sulfide) groups is 1. The molecule has 7 nitrogen and oxygen atoms in total. The molecule has 3 aromatic carbocycles. The normalized spacial score (nSPS) is 11.8. The monoisotopic (exact) mass is 479 g/mol. The number of hydrogen-bond acceptors (Lipinski definition) is 5. The number of halogens is 1. The van der Waals surface area contributed by atoms with E-state index in [0.717, 1.165) is 16.5 Å². The minimum atomic E-state index is -0.371.